The van der Waals surface area contributed by atoms with Gasteiger partial charge in [-0.2, -0.15) is 0 Å². The van der Waals surface area contributed by atoms with Crippen LogP contribution in [0.1, 0.15) is 61.9 Å². The van der Waals surface area contributed by atoms with E-state index < -0.39 is 30.1 Å². The summed E-state index contributed by atoms with van der Waals surface area (Å²) in [4.78, 5) is 52.5. The number of urea groups is 1. The predicted molar refractivity (Wildman–Crippen MR) is 155 cm³/mol. The van der Waals surface area contributed by atoms with Crippen LogP contribution in [0.3, 0.4) is 0 Å². The van der Waals surface area contributed by atoms with Gasteiger partial charge in [-0.3, -0.25) is 14.4 Å². The summed E-state index contributed by atoms with van der Waals surface area (Å²) in [6.45, 7) is 0.739. The number of carbonyl (C=O) groups excluding carboxylic acids is 3. The normalized spacial score (nSPS) is 16.3. The number of nitrogens with zero attached hydrogens (tertiary/aromatic N) is 1. The van der Waals surface area contributed by atoms with Crippen LogP contribution in [0.5, 0.6) is 0 Å². The molecule has 0 bridgehead atoms. The molecule has 8 nitrogen and oxygen atoms in total. The quantitative estimate of drug-likeness (QED) is 0.300. The van der Waals surface area contributed by atoms with Crippen LogP contribution < -0.4 is 10.6 Å². The number of aryl methyl sites for hydroxylation is 1. The fourth-order valence-corrected chi connectivity index (χ4v) is 6.22. The second kappa shape index (κ2) is 12.3. The van der Waals surface area contributed by atoms with Crippen molar-refractivity contribution in [3.8, 4) is 0 Å². The Morgan fingerprint density at radius 3 is 2.29 bits per heavy atom. The van der Waals surface area contributed by atoms with Gasteiger partial charge in [0, 0.05) is 31.6 Å². The zero-order valence-corrected chi connectivity index (χ0v) is 23.7. The van der Waals surface area contributed by atoms with Gasteiger partial charge in [-0.05, 0) is 53.6 Å². The summed E-state index contributed by atoms with van der Waals surface area (Å²) in [5.74, 6) is -3.30. The molecule has 0 unspecified atom stereocenters. The summed E-state index contributed by atoms with van der Waals surface area (Å²) in [5, 5.41) is 15.1. The van der Waals surface area contributed by atoms with E-state index in [0.29, 0.717) is 13.1 Å². The smallest absolute Gasteiger partial charge is 0.315 e. The number of nitrogens with one attached hydrogen (secondary N) is 2. The van der Waals surface area contributed by atoms with Gasteiger partial charge in [0.05, 0.1) is 27.6 Å². The second-order valence-electron chi connectivity index (χ2n) is 10.4. The molecule has 5 rings (SSSR count). The highest BCUT2D eigenvalue weighted by atomic mass is 35.5. The van der Waals surface area contributed by atoms with Crippen molar-refractivity contribution in [2.45, 2.75) is 38.3 Å². The summed E-state index contributed by atoms with van der Waals surface area (Å²) >= 11 is 12.8. The zero-order chi connectivity index (χ0) is 29.1. The Morgan fingerprint density at radius 1 is 0.927 bits per heavy atom. The van der Waals surface area contributed by atoms with Crippen LogP contribution in [0.15, 0.2) is 60.7 Å². The standard InChI is InChI=1S/C31H29Cl2N3O5/c32-24-13-21(29(38)36-12-11-18-5-1-2-7-20(18)17-36)14-25(33)28(24)27(37)15-22(30(39)40)16-34-31(41)35-26-10-9-19-6-3-4-8-23(19)26/h1-8,13-14,22,26H,9-12,15-17H2,(H,39,40)(H2,34,35,41)/t22-,26+/m0/s1. The summed E-state index contributed by atoms with van der Waals surface area (Å²) in [7, 11) is 0. The monoisotopic (exact) mass is 593 g/mol. The number of aliphatic carboxylic acids is 1. The van der Waals surface area contributed by atoms with Crippen molar-refractivity contribution in [1.82, 2.24) is 15.5 Å². The number of fused-ring (bicyclic) bond motifs is 2. The van der Waals surface area contributed by atoms with Gasteiger partial charge < -0.3 is 20.6 Å². The fourth-order valence-electron chi connectivity index (χ4n) is 5.52. The van der Waals surface area contributed by atoms with Crippen LogP contribution in [0.4, 0.5) is 4.79 Å². The minimum atomic E-state index is -1.24. The van der Waals surface area contributed by atoms with Gasteiger partial charge in [0.25, 0.3) is 5.91 Å². The highest BCUT2D eigenvalue weighted by Crippen LogP contribution is 2.32. The van der Waals surface area contributed by atoms with E-state index in [4.69, 9.17) is 23.2 Å². The van der Waals surface area contributed by atoms with Crippen LogP contribution in [0.25, 0.3) is 0 Å². The van der Waals surface area contributed by atoms with Gasteiger partial charge in [-0.15, -0.1) is 0 Å². The third-order valence-corrected chi connectivity index (χ3v) is 8.31. The lowest BCUT2D eigenvalue weighted by molar-refractivity contribution is -0.141. The minimum absolute atomic E-state index is 0.0296. The molecule has 1 heterocycles. The van der Waals surface area contributed by atoms with Gasteiger partial charge >= 0.3 is 12.0 Å². The Kier molecular flexibility index (Phi) is 8.61. The van der Waals surface area contributed by atoms with Crippen molar-refractivity contribution in [1.29, 1.82) is 0 Å². The number of hydrogen-bond acceptors (Lipinski definition) is 4. The average molecular weight is 594 g/mol. The van der Waals surface area contributed by atoms with Gasteiger partial charge in [0.2, 0.25) is 0 Å². The van der Waals surface area contributed by atoms with Crippen molar-refractivity contribution < 1.29 is 24.3 Å². The first-order valence-corrected chi connectivity index (χ1v) is 14.2. The number of carboxylic acid groups (broad SMARTS) is 1. The number of carbonyl (C=O) groups is 4. The van der Waals surface area contributed by atoms with E-state index in [-0.39, 0.29) is 39.7 Å². The number of amides is 3. The van der Waals surface area contributed by atoms with E-state index in [1.807, 2.05) is 48.5 Å². The molecule has 0 saturated heterocycles. The van der Waals surface area contributed by atoms with E-state index in [0.717, 1.165) is 30.4 Å². The molecule has 1 aliphatic heterocycles. The third-order valence-electron chi connectivity index (χ3n) is 7.71. The molecule has 3 amide bonds. The summed E-state index contributed by atoms with van der Waals surface area (Å²) < 4.78 is 0. The molecule has 1 aliphatic carbocycles. The van der Waals surface area contributed by atoms with Crippen molar-refractivity contribution in [3.05, 3.63) is 104 Å². The van der Waals surface area contributed by atoms with E-state index in [2.05, 4.69) is 10.6 Å². The number of Topliss-reactive ketones (excluding diaryl/α,β-unsaturated/α-hetero) is 1. The molecule has 2 atom stereocenters. The maximum Gasteiger partial charge on any atom is 0.315 e. The van der Waals surface area contributed by atoms with Crippen molar-refractivity contribution in [2.75, 3.05) is 13.1 Å². The van der Waals surface area contributed by atoms with E-state index in [9.17, 15) is 24.3 Å². The van der Waals surface area contributed by atoms with Gasteiger partial charge in [-0.1, -0.05) is 71.7 Å². The molecule has 41 heavy (non-hydrogen) atoms. The summed E-state index contributed by atoms with van der Waals surface area (Å²) in [6.07, 6.45) is 1.91. The lowest BCUT2D eigenvalue weighted by Crippen LogP contribution is -2.41. The molecule has 0 aromatic heterocycles. The van der Waals surface area contributed by atoms with Crippen molar-refractivity contribution in [2.24, 2.45) is 5.92 Å². The van der Waals surface area contributed by atoms with Crippen LogP contribution in [0, 0.1) is 5.92 Å². The van der Waals surface area contributed by atoms with Crippen molar-refractivity contribution in [3.63, 3.8) is 0 Å². The van der Waals surface area contributed by atoms with Crippen LogP contribution in [-0.4, -0.2) is 46.8 Å². The maximum atomic E-state index is 13.2. The SMILES string of the molecule is O=C(NC[C@H](CC(=O)c1c(Cl)cc(C(=O)N2CCc3ccccc3C2)cc1Cl)C(=O)O)N[C@@H]1CCc2ccccc21. The number of carboxylic acids is 1. The van der Waals surface area contributed by atoms with E-state index >= 15 is 0 Å². The number of benzene rings is 3. The van der Waals surface area contributed by atoms with Gasteiger partial charge in [-0.25, -0.2) is 4.79 Å². The fraction of sp³-hybridized carbons (Fsp3) is 0.290. The molecular weight excluding hydrogens is 565 g/mol. The first-order valence-electron chi connectivity index (χ1n) is 13.4. The van der Waals surface area contributed by atoms with Crippen LogP contribution >= 0.6 is 23.2 Å². The number of hydrogen-bond donors (Lipinski definition) is 3. The topological polar surface area (TPSA) is 116 Å². The first-order chi connectivity index (χ1) is 19.7. The first kappa shape index (κ1) is 28.6. The summed E-state index contributed by atoms with van der Waals surface area (Å²) in [5.41, 5.74) is 4.70. The summed E-state index contributed by atoms with van der Waals surface area (Å²) in [6, 6.07) is 17.9. The molecule has 2 aliphatic rings. The van der Waals surface area contributed by atoms with Crippen molar-refractivity contribution >= 4 is 46.9 Å². The molecule has 0 saturated carbocycles. The Morgan fingerprint density at radius 2 is 1.59 bits per heavy atom. The van der Waals surface area contributed by atoms with E-state index in [1.165, 1.54) is 23.3 Å². The molecule has 212 valence electrons. The second-order valence-corrected chi connectivity index (χ2v) is 11.2. The molecule has 0 radical (unpaired) electrons. The van der Waals surface area contributed by atoms with Crippen LogP contribution in [0.2, 0.25) is 10.0 Å². The Labute approximate surface area is 247 Å². The molecular formula is C31H29Cl2N3O5. The molecule has 3 N–H and O–H groups in total. The Bertz CT molecular complexity index is 1500. The number of ketones is 1. The Balaban J connectivity index is 1.21. The highest BCUT2D eigenvalue weighted by Gasteiger charge is 2.29. The molecule has 10 heteroatoms. The predicted octanol–water partition coefficient (Wildman–Crippen LogP) is 5.45. The molecule has 0 spiro atoms. The Hall–Kier alpha value is -3.88. The maximum absolute atomic E-state index is 13.2. The van der Waals surface area contributed by atoms with E-state index in [1.54, 1.807) is 4.90 Å². The third kappa shape index (κ3) is 6.39. The highest BCUT2D eigenvalue weighted by molar-refractivity contribution is 6.40. The van der Waals surface area contributed by atoms with Gasteiger partial charge in [0.15, 0.2) is 5.78 Å². The lowest BCUT2D eigenvalue weighted by Gasteiger charge is -2.29. The zero-order valence-electron chi connectivity index (χ0n) is 22.2. The molecule has 3 aromatic rings. The van der Waals surface area contributed by atoms with Crippen LogP contribution in [-0.2, 0) is 24.2 Å². The number of halogens is 2. The lowest BCUT2D eigenvalue weighted by atomic mass is 9.96. The number of rotatable bonds is 8. The largest absolute Gasteiger partial charge is 0.481 e. The average Bonchev–Trinajstić information content (AvgIpc) is 3.36. The molecule has 0 fully saturated rings. The minimum Gasteiger partial charge on any atom is -0.481 e. The van der Waals surface area contributed by atoms with Gasteiger partial charge in [0.1, 0.15) is 0 Å². The molecule has 3 aromatic carbocycles.